The lowest BCUT2D eigenvalue weighted by Gasteiger charge is -2.29. The van der Waals surface area contributed by atoms with Gasteiger partial charge in [0.2, 0.25) is 5.91 Å². The Hall–Kier alpha value is -0.570. The van der Waals surface area contributed by atoms with Crippen molar-refractivity contribution in [2.45, 2.75) is 51.9 Å². The number of amides is 1. The lowest BCUT2D eigenvalue weighted by Crippen LogP contribution is -2.37. The smallest absolute Gasteiger partial charge is 0.223 e. The van der Waals surface area contributed by atoms with Gasteiger partial charge in [0, 0.05) is 12.5 Å². The molecule has 16 heavy (non-hydrogen) atoms. The SMILES string of the molecule is CCCNC(=O)C(CCN)C1CCCCC1. The summed E-state index contributed by atoms with van der Waals surface area (Å²) in [6.07, 6.45) is 8.18. The molecule has 0 aromatic heterocycles. The number of nitrogens with one attached hydrogen (secondary N) is 1. The number of carbonyl (C=O) groups excluding carboxylic acids is 1. The monoisotopic (exact) mass is 226 g/mol. The van der Waals surface area contributed by atoms with E-state index in [-0.39, 0.29) is 11.8 Å². The van der Waals surface area contributed by atoms with Crippen molar-refractivity contribution in [1.82, 2.24) is 5.32 Å². The second-order valence-corrected chi connectivity index (χ2v) is 4.87. The maximum atomic E-state index is 12.0. The van der Waals surface area contributed by atoms with Gasteiger partial charge in [-0.1, -0.05) is 26.2 Å². The van der Waals surface area contributed by atoms with Crippen LogP contribution in [0.2, 0.25) is 0 Å². The first-order chi connectivity index (χ1) is 7.79. The maximum Gasteiger partial charge on any atom is 0.223 e. The molecule has 0 aromatic rings. The van der Waals surface area contributed by atoms with Crippen LogP contribution in [-0.4, -0.2) is 19.0 Å². The van der Waals surface area contributed by atoms with Crippen LogP contribution in [0.25, 0.3) is 0 Å². The summed E-state index contributed by atoms with van der Waals surface area (Å²) in [6, 6.07) is 0. The summed E-state index contributed by atoms with van der Waals surface area (Å²) in [7, 11) is 0. The molecule has 1 aliphatic carbocycles. The van der Waals surface area contributed by atoms with Gasteiger partial charge in [0.05, 0.1) is 0 Å². The molecule has 3 nitrogen and oxygen atoms in total. The van der Waals surface area contributed by atoms with Crippen molar-refractivity contribution in [2.75, 3.05) is 13.1 Å². The highest BCUT2D eigenvalue weighted by Crippen LogP contribution is 2.31. The van der Waals surface area contributed by atoms with Crippen LogP contribution >= 0.6 is 0 Å². The molecule has 0 heterocycles. The van der Waals surface area contributed by atoms with Gasteiger partial charge in [0.25, 0.3) is 0 Å². The van der Waals surface area contributed by atoms with E-state index in [1.54, 1.807) is 0 Å². The molecule has 3 N–H and O–H groups in total. The van der Waals surface area contributed by atoms with Crippen LogP contribution in [0.5, 0.6) is 0 Å². The number of hydrogen-bond acceptors (Lipinski definition) is 2. The van der Waals surface area contributed by atoms with Gasteiger partial charge in [-0.05, 0) is 38.1 Å². The Morgan fingerprint density at radius 2 is 2.06 bits per heavy atom. The topological polar surface area (TPSA) is 55.1 Å². The van der Waals surface area contributed by atoms with E-state index in [1.807, 2.05) is 0 Å². The second-order valence-electron chi connectivity index (χ2n) is 4.87. The maximum absolute atomic E-state index is 12.0. The summed E-state index contributed by atoms with van der Waals surface area (Å²) in [6.45, 7) is 3.51. The predicted octanol–water partition coefficient (Wildman–Crippen LogP) is 2.06. The normalized spacial score (nSPS) is 19.4. The average molecular weight is 226 g/mol. The van der Waals surface area contributed by atoms with Crippen LogP contribution in [0.3, 0.4) is 0 Å². The third kappa shape index (κ3) is 4.12. The van der Waals surface area contributed by atoms with Crippen molar-refractivity contribution in [1.29, 1.82) is 0 Å². The van der Waals surface area contributed by atoms with E-state index in [0.29, 0.717) is 12.5 Å². The van der Waals surface area contributed by atoms with Gasteiger partial charge < -0.3 is 11.1 Å². The lowest BCUT2D eigenvalue weighted by molar-refractivity contribution is -0.127. The summed E-state index contributed by atoms with van der Waals surface area (Å²) in [4.78, 5) is 12.0. The summed E-state index contributed by atoms with van der Waals surface area (Å²) in [5.41, 5.74) is 5.62. The molecule has 0 spiro atoms. The molecule has 1 amide bonds. The molecule has 0 radical (unpaired) electrons. The van der Waals surface area contributed by atoms with Crippen LogP contribution in [0, 0.1) is 11.8 Å². The Kier molecular flexibility index (Phi) is 6.46. The number of carbonyl (C=O) groups is 1. The van der Waals surface area contributed by atoms with Crippen LogP contribution < -0.4 is 11.1 Å². The average Bonchev–Trinajstić information content (AvgIpc) is 2.34. The first kappa shape index (κ1) is 13.5. The molecule has 0 saturated heterocycles. The summed E-state index contributed by atoms with van der Waals surface area (Å²) in [5.74, 6) is 0.977. The first-order valence-corrected chi connectivity index (χ1v) is 6.77. The van der Waals surface area contributed by atoms with Gasteiger partial charge >= 0.3 is 0 Å². The van der Waals surface area contributed by atoms with Crippen LogP contribution in [0.15, 0.2) is 0 Å². The Morgan fingerprint density at radius 1 is 1.38 bits per heavy atom. The molecule has 1 atom stereocenters. The fraction of sp³-hybridized carbons (Fsp3) is 0.923. The van der Waals surface area contributed by atoms with E-state index < -0.39 is 0 Å². The molecule has 1 fully saturated rings. The Bertz CT molecular complexity index is 200. The number of rotatable bonds is 6. The molecule has 0 bridgehead atoms. The minimum absolute atomic E-state index is 0.164. The molecule has 3 heteroatoms. The van der Waals surface area contributed by atoms with Gasteiger partial charge in [-0.25, -0.2) is 0 Å². The predicted molar refractivity (Wildman–Crippen MR) is 67.0 cm³/mol. The minimum Gasteiger partial charge on any atom is -0.356 e. The highest BCUT2D eigenvalue weighted by molar-refractivity contribution is 5.78. The van der Waals surface area contributed by atoms with Gasteiger partial charge in [0.15, 0.2) is 0 Å². The molecular weight excluding hydrogens is 200 g/mol. The zero-order chi connectivity index (χ0) is 11.8. The molecule has 94 valence electrons. The van der Waals surface area contributed by atoms with E-state index in [9.17, 15) is 4.79 Å². The number of nitrogens with two attached hydrogens (primary N) is 1. The van der Waals surface area contributed by atoms with Crippen molar-refractivity contribution < 1.29 is 4.79 Å². The second kappa shape index (κ2) is 7.66. The van der Waals surface area contributed by atoms with E-state index in [1.165, 1.54) is 32.1 Å². The van der Waals surface area contributed by atoms with E-state index >= 15 is 0 Å². The number of hydrogen-bond donors (Lipinski definition) is 2. The molecule has 0 aromatic carbocycles. The standard InChI is InChI=1S/C13H26N2O/c1-2-10-15-13(16)12(8-9-14)11-6-4-3-5-7-11/h11-12H,2-10,14H2,1H3,(H,15,16). The highest BCUT2D eigenvalue weighted by Gasteiger charge is 2.28. The zero-order valence-electron chi connectivity index (χ0n) is 10.5. The molecule has 1 unspecified atom stereocenters. The van der Waals surface area contributed by atoms with Gasteiger partial charge in [-0.3, -0.25) is 4.79 Å². The van der Waals surface area contributed by atoms with Gasteiger partial charge in [-0.15, -0.1) is 0 Å². The molecule has 0 aliphatic heterocycles. The van der Waals surface area contributed by atoms with Crippen molar-refractivity contribution in [2.24, 2.45) is 17.6 Å². The molecule has 1 saturated carbocycles. The molecular formula is C13H26N2O. The van der Waals surface area contributed by atoms with Crippen molar-refractivity contribution in [3.8, 4) is 0 Å². The van der Waals surface area contributed by atoms with E-state index in [0.717, 1.165) is 19.4 Å². The molecule has 1 rings (SSSR count). The summed E-state index contributed by atoms with van der Waals surface area (Å²) in [5, 5.41) is 3.02. The quantitative estimate of drug-likeness (QED) is 0.728. The Balaban J connectivity index is 2.47. The Morgan fingerprint density at radius 3 is 2.62 bits per heavy atom. The minimum atomic E-state index is 0.164. The van der Waals surface area contributed by atoms with Crippen molar-refractivity contribution in [3.05, 3.63) is 0 Å². The van der Waals surface area contributed by atoms with E-state index in [2.05, 4.69) is 12.2 Å². The molecule has 1 aliphatic rings. The van der Waals surface area contributed by atoms with Gasteiger partial charge in [-0.2, -0.15) is 0 Å². The Labute approximate surface area is 99.2 Å². The first-order valence-electron chi connectivity index (χ1n) is 6.77. The van der Waals surface area contributed by atoms with E-state index in [4.69, 9.17) is 5.73 Å². The highest BCUT2D eigenvalue weighted by atomic mass is 16.1. The van der Waals surface area contributed by atoms with Crippen LogP contribution in [0.4, 0.5) is 0 Å². The third-order valence-electron chi connectivity index (χ3n) is 3.58. The fourth-order valence-electron chi connectivity index (χ4n) is 2.68. The zero-order valence-corrected chi connectivity index (χ0v) is 10.5. The summed E-state index contributed by atoms with van der Waals surface area (Å²) >= 11 is 0. The lowest BCUT2D eigenvalue weighted by atomic mass is 9.78. The van der Waals surface area contributed by atoms with Crippen molar-refractivity contribution >= 4 is 5.91 Å². The van der Waals surface area contributed by atoms with Crippen molar-refractivity contribution in [3.63, 3.8) is 0 Å². The van der Waals surface area contributed by atoms with Gasteiger partial charge in [0.1, 0.15) is 0 Å². The third-order valence-corrected chi connectivity index (χ3v) is 3.58. The largest absolute Gasteiger partial charge is 0.356 e. The van der Waals surface area contributed by atoms with Crippen LogP contribution in [-0.2, 0) is 4.79 Å². The van der Waals surface area contributed by atoms with Crippen LogP contribution in [0.1, 0.15) is 51.9 Å². The summed E-state index contributed by atoms with van der Waals surface area (Å²) < 4.78 is 0. The fourth-order valence-corrected chi connectivity index (χ4v) is 2.68.